The van der Waals surface area contributed by atoms with Gasteiger partial charge in [-0.05, 0) is 39.8 Å². The van der Waals surface area contributed by atoms with Crippen molar-refractivity contribution in [2.75, 3.05) is 27.2 Å². The zero-order valence-corrected chi connectivity index (χ0v) is 12.5. The highest BCUT2D eigenvalue weighted by atomic mass is 16.2. The lowest BCUT2D eigenvalue weighted by molar-refractivity contribution is -0.133. The van der Waals surface area contributed by atoms with Gasteiger partial charge in [-0.1, -0.05) is 19.3 Å². The molecule has 0 aromatic heterocycles. The molecule has 19 heavy (non-hydrogen) atoms. The van der Waals surface area contributed by atoms with Crippen molar-refractivity contribution in [1.29, 1.82) is 0 Å². The summed E-state index contributed by atoms with van der Waals surface area (Å²) in [6.07, 6.45) is 8.52. The third-order valence-corrected chi connectivity index (χ3v) is 4.63. The molecule has 4 heteroatoms. The molecule has 4 nitrogen and oxygen atoms in total. The number of likely N-dealkylation sites (tertiary alicyclic amines) is 1. The van der Waals surface area contributed by atoms with Crippen LogP contribution in [0.2, 0.25) is 0 Å². The SMILES string of the molecule is CN(C)CC1CCCN1C(=O)CC1(N)CCCCC1. The number of rotatable bonds is 4. The van der Waals surface area contributed by atoms with Gasteiger partial charge in [-0.15, -0.1) is 0 Å². The van der Waals surface area contributed by atoms with E-state index in [0.29, 0.717) is 12.5 Å². The Labute approximate surface area is 117 Å². The lowest BCUT2D eigenvalue weighted by Crippen LogP contribution is -2.49. The van der Waals surface area contributed by atoms with Crippen LogP contribution in [0.15, 0.2) is 0 Å². The Hall–Kier alpha value is -0.610. The summed E-state index contributed by atoms with van der Waals surface area (Å²) < 4.78 is 0. The molecule has 1 amide bonds. The zero-order valence-electron chi connectivity index (χ0n) is 12.5. The second-order valence-corrected chi connectivity index (χ2v) is 6.75. The summed E-state index contributed by atoms with van der Waals surface area (Å²) in [6.45, 7) is 1.90. The van der Waals surface area contributed by atoms with E-state index in [1.807, 2.05) is 0 Å². The van der Waals surface area contributed by atoms with Crippen LogP contribution >= 0.6 is 0 Å². The van der Waals surface area contributed by atoms with Crippen LogP contribution in [-0.2, 0) is 4.79 Å². The fourth-order valence-corrected chi connectivity index (χ4v) is 3.61. The topological polar surface area (TPSA) is 49.6 Å². The molecule has 0 spiro atoms. The van der Waals surface area contributed by atoms with Gasteiger partial charge in [0, 0.05) is 31.1 Å². The molecule has 1 atom stereocenters. The Kier molecular flexibility index (Phi) is 4.85. The summed E-state index contributed by atoms with van der Waals surface area (Å²) in [6, 6.07) is 0.398. The van der Waals surface area contributed by atoms with Crippen LogP contribution in [-0.4, -0.2) is 54.5 Å². The van der Waals surface area contributed by atoms with Crippen molar-refractivity contribution in [2.45, 2.75) is 62.9 Å². The van der Waals surface area contributed by atoms with Crippen molar-refractivity contribution < 1.29 is 4.79 Å². The third kappa shape index (κ3) is 3.93. The molecule has 2 N–H and O–H groups in total. The molecule has 0 aromatic rings. The van der Waals surface area contributed by atoms with Crippen LogP contribution in [0.5, 0.6) is 0 Å². The highest BCUT2D eigenvalue weighted by molar-refractivity contribution is 5.78. The molecule has 1 heterocycles. The monoisotopic (exact) mass is 267 g/mol. The number of likely N-dealkylation sites (N-methyl/N-ethyl adjacent to an activating group) is 1. The average molecular weight is 267 g/mol. The molecule has 1 saturated carbocycles. The van der Waals surface area contributed by atoms with Crippen LogP contribution in [0.4, 0.5) is 0 Å². The van der Waals surface area contributed by atoms with Gasteiger partial charge in [0.15, 0.2) is 0 Å². The summed E-state index contributed by atoms with van der Waals surface area (Å²) in [4.78, 5) is 16.8. The summed E-state index contributed by atoms with van der Waals surface area (Å²) >= 11 is 0. The van der Waals surface area contributed by atoms with E-state index in [1.54, 1.807) is 0 Å². The predicted octanol–water partition coefficient (Wildman–Crippen LogP) is 1.59. The van der Waals surface area contributed by atoms with Crippen molar-refractivity contribution in [3.8, 4) is 0 Å². The molecule has 110 valence electrons. The van der Waals surface area contributed by atoms with Crippen LogP contribution < -0.4 is 5.73 Å². The van der Waals surface area contributed by atoms with Crippen LogP contribution in [0.25, 0.3) is 0 Å². The second kappa shape index (κ2) is 6.23. The molecule has 2 fully saturated rings. The Morgan fingerprint density at radius 3 is 2.58 bits per heavy atom. The van der Waals surface area contributed by atoms with Gasteiger partial charge in [0.1, 0.15) is 0 Å². The number of hydrogen-bond donors (Lipinski definition) is 1. The van der Waals surface area contributed by atoms with E-state index >= 15 is 0 Å². The zero-order chi connectivity index (χ0) is 13.9. The number of carbonyl (C=O) groups is 1. The maximum atomic E-state index is 12.5. The smallest absolute Gasteiger partial charge is 0.224 e. The van der Waals surface area contributed by atoms with Crippen LogP contribution in [0, 0.1) is 0 Å². The molecular weight excluding hydrogens is 238 g/mol. The van der Waals surface area contributed by atoms with Crippen molar-refractivity contribution >= 4 is 5.91 Å². The highest BCUT2D eigenvalue weighted by Crippen LogP contribution is 2.30. The summed E-state index contributed by atoms with van der Waals surface area (Å²) in [5, 5.41) is 0. The van der Waals surface area contributed by atoms with Gasteiger partial charge in [0.05, 0.1) is 0 Å². The van der Waals surface area contributed by atoms with E-state index in [4.69, 9.17) is 5.73 Å². The van der Waals surface area contributed by atoms with Gasteiger partial charge < -0.3 is 15.5 Å². The first-order valence-corrected chi connectivity index (χ1v) is 7.73. The van der Waals surface area contributed by atoms with Gasteiger partial charge in [-0.3, -0.25) is 4.79 Å². The maximum Gasteiger partial charge on any atom is 0.224 e. The minimum Gasteiger partial charge on any atom is -0.338 e. The predicted molar refractivity (Wildman–Crippen MR) is 77.9 cm³/mol. The molecule has 1 aliphatic heterocycles. The molecule has 2 rings (SSSR count). The highest BCUT2D eigenvalue weighted by Gasteiger charge is 2.35. The van der Waals surface area contributed by atoms with E-state index in [0.717, 1.165) is 38.8 Å². The molecular formula is C15H29N3O. The normalized spacial score (nSPS) is 26.9. The van der Waals surface area contributed by atoms with Crippen molar-refractivity contribution in [2.24, 2.45) is 5.73 Å². The summed E-state index contributed by atoms with van der Waals surface area (Å²) in [5.74, 6) is 0.286. The van der Waals surface area contributed by atoms with E-state index in [9.17, 15) is 4.79 Å². The number of amides is 1. The first-order chi connectivity index (χ1) is 9.00. The Morgan fingerprint density at radius 2 is 1.95 bits per heavy atom. The van der Waals surface area contributed by atoms with Gasteiger partial charge in [-0.2, -0.15) is 0 Å². The van der Waals surface area contributed by atoms with Gasteiger partial charge in [0.2, 0.25) is 5.91 Å². The lowest BCUT2D eigenvalue weighted by atomic mass is 9.80. The number of nitrogens with zero attached hydrogens (tertiary/aromatic N) is 2. The average Bonchev–Trinajstić information content (AvgIpc) is 2.76. The number of carbonyl (C=O) groups excluding carboxylic acids is 1. The van der Waals surface area contributed by atoms with Crippen LogP contribution in [0.1, 0.15) is 51.4 Å². The Bertz CT molecular complexity index is 311. The molecule has 1 saturated heterocycles. The minimum atomic E-state index is -0.222. The molecule has 1 aliphatic carbocycles. The third-order valence-electron chi connectivity index (χ3n) is 4.63. The maximum absolute atomic E-state index is 12.5. The summed E-state index contributed by atoms with van der Waals surface area (Å²) in [7, 11) is 4.15. The van der Waals surface area contributed by atoms with Gasteiger partial charge in [0.25, 0.3) is 0 Å². The standard InChI is InChI=1S/C15H29N3O/c1-17(2)12-13-7-6-10-18(13)14(19)11-15(16)8-4-3-5-9-15/h13H,3-12,16H2,1-2H3. The van der Waals surface area contributed by atoms with Crippen molar-refractivity contribution in [3.05, 3.63) is 0 Å². The second-order valence-electron chi connectivity index (χ2n) is 6.75. The first kappa shape index (κ1) is 14.8. The van der Waals surface area contributed by atoms with E-state index in [1.165, 1.54) is 19.3 Å². The molecule has 0 bridgehead atoms. The van der Waals surface area contributed by atoms with E-state index < -0.39 is 0 Å². The minimum absolute atomic E-state index is 0.222. The van der Waals surface area contributed by atoms with E-state index in [2.05, 4.69) is 23.9 Å². The molecule has 0 radical (unpaired) electrons. The quantitative estimate of drug-likeness (QED) is 0.841. The molecule has 1 unspecified atom stereocenters. The van der Waals surface area contributed by atoms with Crippen LogP contribution in [0.3, 0.4) is 0 Å². The Morgan fingerprint density at radius 1 is 1.26 bits per heavy atom. The molecule has 2 aliphatic rings. The Balaban J connectivity index is 1.91. The fraction of sp³-hybridized carbons (Fsp3) is 0.933. The molecule has 0 aromatic carbocycles. The largest absolute Gasteiger partial charge is 0.338 e. The lowest BCUT2D eigenvalue weighted by Gasteiger charge is -2.35. The van der Waals surface area contributed by atoms with E-state index in [-0.39, 0.29) is 11.4 Å². The van der Waals surface area contributed by atoms with Crippen molar-refractivity contribution in [3.63, 3.8) is 0 Å². The number of nitrogens with two attached hydrogens (primary N) is 1. The fourth-order valence-electron chi connectivity index (χ4n) is 3.61. The van der Waals surface area contributed by atoms with Crippen molar-refractivity contribution in [1.82, 2.24) is 9.80 Å². The van der Waals surface area contributed by atoms with Gasteiger partial charge >= 0.3 is 0 Å². The number of hydrogen-bond acceptors (Lipinski definition) is 3. The van der Waals surface area contributed by atoms with Gasteiger partial charge in [-0.25, -0.2) is 0 Å². The first-order valence-electron chi connectivity index (χ1n) is 7.73. The summed E-state index contributed by atoms with van der Waals surface area (Å²) in [5.41, 5.74) is 6.19.